The normalized spacial score (nSPS) is 21.1. The van der Waals surface area contributed by atoms with Gasteiger partial charge in [-0.15, -0.1) is 11.8 Å². The van der Waals surface area contributed by atoms with E-state index in [0.29, 0.717) is 6.54 Å². The van der Waals surface area contributed by atoms with E-state index in [2.05, 4.69) is 0 Å². The molecule has 1 saturated heterocycles. The third-order valence-corrected chi connectivity index (χ3v) is 6.00. The number of thioether (sulfide) groups is 1. The minimum absolute atomic E-state index is 0.0924. The van der Waals surface area contributed by atoms with Gasteiger partial charge in [-0.2, -0.15) is 4.31 Å². The summed E-state index contributed by atoms with van der Waals surface area (Å²) in [5.74, 6) is 0.771. The monoisotopic (exact) mass is 288 g/mol. The first-order chi connectivity index (χ1) is 8.43. The fraction of sp³-hybridized carbons (Fsp3) is 0.400. The molecule has 0 aliphatic carbocycles. The van der Waals surface area contributed by atoms with Crippen LogP contribution >= 0.6 is 11.8 Å². The van der Waals surface area contributed by atoms with Crippen molar-refractivity contribution in [3.63, 3.8) is 0 Å². The number of hydrogen-bond donors (Lipinski definition) is 0. The van der Waals surface area contributed by atoms with Gasteiger partial charge in [0.15, 0.2) is 0 Å². The zero-order chi connectivity index (χ0) is 13.3. The predicted octanol–water partition coefficient (Wildman–Crippen LogP) is 1.68. The second-order valence-electron chi connectivity index (χ2n) is 3.84. The topological polar surface area (TPSA) is 80.5 Å². The van der Waals surface area contributed by atoms with Crippen molar-refractivity contribution in [2.75, 3.05) is 12.3 Å². The molecule has 1 fully saturated rings. The Balaban J connectivity index is 2.33. The zero-order valence-electron chi connectivity index (χ0n) is 9.64. The largest absolute Gasteiger partial charge is 0.269 e. The number of non-ortho nitro benzene ring substituents is 1. The molecule has 1 aromatic carbocycles. The molecule has 18 heavy (non-hydrogen) atoms. The summed E-state index contributed by atoms with van der Waals surface area (Å²) in [6, 6.07) is 4.98. The van der Waals surface area contributed by atoms with Crippen LogP contribution in [0.15, 0.2) is 29.2 Å². The van der Waals surface area contributed by atoms with Crippen molar-refractivity contribution in [1.82, 2.24) is 4.31 Å². The highest BCUT2D eigenvalue weighted by Crippen LogP contribution is 2.29. The molecule has 1 unspecified atom stereocenters. The Morgan fingerprint density at radius 3 is 2.44 bits per heavy atom. The van der Waals surface area contributed by atoms with Gasteiger partial charge in [-0.05, 0) is 19.1 Å². The van der Waals surface area contributed by atoms with Gasteiger partial charge in [0.25, 0.3) is 5.69 Å². The van der Waals surface area contributed by atoms with Crippen LogP contribution in [0.3, 0.4) is 0 Å². The summed E-state index contributed by atoms with van der Waals surface area (Å²) < 4.78 is 26.0. The number of nitro groups is 1. The van der Waals surface area contributed by atoms with Crippen molar-refractivity contribution in [3.8, 4) is 0 Å². The number of hydrogen-bond acceptors (Lipinski definition) is 5. The quantitative estimate of drug-likeness (QED) is 0.624. The average Bonchev–Trinajstić information content (AvgIpc) is 2.76. The van der Waals surface area contributed by atoms with Gasteiger partial charge in [0.2, 0.25) is 10.0 Å². The van der Waals surface area contributed by atoms with E-state index in [0.717, 1.165) is 5.75 Å². The number of nitrogens with zero attached hydrogens (tertiary/aromatic N) is 2. The van der Waals surface area contributed by atoms with Crippen molar-refractivity contribution in [3.05, 3.63) is 34.4 Å². The first-order valence-corrected chi connectivity index (χ1v) is 7.80. The standard InChI is InChI=1S/C10H12N2O4S2/c1-8-11(6-7-17-8)18(15,16)10-4-2-9(3-5-10)12(13)14/h2-5,8H,6-7H2,1H3. The van der Waals surface area contributed by atoms with Crippen molar-refractivity contribution in [1.29, 1.82) is 0 Å². The van der Waals surface area contributed by atoms with E-state index in [1.807, 2.05) is 6.92 Å². The smallest absolute Gasteiger partial charge is 0.258 e. The maximum Gasteiger partial charge on any atom is 0.269 e. The molecule has 6 nitrogen and oxygen atoms in total. The maximum atomic E-state index is 12.3. The summed E-state index contributed by atoms with van der Waals surface area (Å²) >= 11 is 1.57. The average molecular weight is 288 g/mol. The van der Waals surface area contributed by atoms with E-state index < -0.39 is 14.9 Å². The summed E-state index contributed by atoms with van der Waals surface area (Å²) in [4.78, 5) is 10.1. The fourth-order valence-electron chi connectivity index (χ4n) is 1.77. The molecule has 1 aromatic rings. The van der Waals surface area contributed by atoms with Crippen molar-refractivity contribution >= 4 is 27.5 Å². The van der Waals surface area contributed by atoms with Crippen LogP contribution in [0.1, 0.15) is 6.92 Å². The molecule has 0 aromatic heterocycles. The maximum absolute atomic E-state index is 12.3. The van der Waals surface area contributed by atoms with Crippen LogP contribution in [0.4, 0.5) is 5.69 Å². The van der Waals surface area contributed by atoms with E-state index in [4.69, 9.17) is 0 Å². The Labute approximate surface area is 109 Å². The SMILES string of the molecule is CC1SCCN1S(=O)(=O)c1ccc([N+](=O)[O-])cc1. The molecule has 0 N–H and O–H groups in total. The van der Waals surface area contributed by atoms with Crippen molar-refractivity contribution in [2.24, 2.45) is 0 Å². The summed E-state index contributed by atoms with van der Waals surface area (Å²) in [5, 5.41) is 10.4. The van der Waals surface area contributed by atoms with Gasteiger partial charge >= 0.3 is 0 Å². The molecule has 1 atom stereocenters. The molecule has 0 saturated carbocycles. The van der Waals surface area contributed by atoms with Crippen molar-refractivity contribution in [2.45, 2.75) is 17.2 Å². The molecule has 1 aliphatic rings. The number of sulfonamides is 1. The van der Waals surface area contributed by atoms with Gasteiger partial charge < -0.3 is 0 Å². The highest BCUT2D eigenvalue weighted by molar-refractivity contribution is 8.01. The van der Waals surface area contributed by atoms with Crippen LogP contribution in [-0.2, 0) is 10.0 Å². The third kappa shape index (κ3) is 2.36. The van der Waals surface area contributed by atoms with E-state index in [9.17, 15) is 18.5 Å². The molecule has 98 valence electrons. The molecule has 0 radical (unpaired) electrons. The molecule has 2 rings (SSSR count). The van der Waals surface area contributed by atoms with Crippen molar-refractivity contribution < 1.29 is 13.3 Å². The lowest BCUT2D eigenvalue weighted by molar-refractivity contribution is -0.384. The van der Waals surface area contributed by atoms with E-state index in [1.165, 1.54) is 28.6 Å². The summed E-state index contributed by atoms with van der Waals surface area (Å²) in [6.07, 6.45) is 0. The van der Waals surface area contributed by atoms with Crippen LogP contribution in [0.2, 0.25) is 0 Å². The van der Waals surface area contributed by atoms with Gasteiger partial charge in [0, 0.05) is 24.4 Å². The Morgan fingerprint density at radius 1 is 1.39 bits per heavy atom. The van der Waals surface area contributed by atoms with Crippen LogP contribution in [0.5, 0.6) is 0 Å². The lowest BCUT2D eigenvalue weighted by Crippen LogP contribution is -2.33. The van der Waals surface area contributed by atoms with E-state index in [-0.39, 0.29) is 16.0 Å². The minimum atomic E-state index is -3.54. The van der Waals surface area contributed by atoms with Gasteiger partial charge in [0.1, 0.15) is 0 Å². The zero-order valence-corrected chi connectivity index (χ0v) is 11.3. The highest BCUT2D eigenvalue weighted by Gasteiger charge is 2.33. The molecule has 0 amide bonds. The van der Waals surface area contributed by atoms with Crippen LogP contribution in [0.25, 0.3) is 0 Å². The minimum Gasteiger partial charge on any atom is -0.258 e. The summed E-state index contributed by atoms with van der Waals surface area (Å²) in [5.41, 5.74) is -0.113. The fourth-order valence-corrected chi connectivity index (χ4v) is 4.80. The first-order valence-electron chi connectivity index (χ1n) is 5.31. The van der Waals surface area contributed by atoms with Gasteiger partial charge in [0.05, 0.1) is 15.2 Å². The lowest BCUT2D eigenvalue weighted by Gasteiger charge is -2.19. The highest BCUT2D eigenvalue weighted by atomic mass is 32.2. The van der Waals surface area contributed by atoms with E-state index in [1.54, 1.807) is 11.8 Å². The Bertz CT molecular complexity index is 556. The molecular formula is C10H12N2O4S2. The third-order valence-electron chi connectivity index (χ3n) is 2.73. The van der Waals surface area contributed by atoms with Gasteiger partial charge in [-0.1, -0.05) is 0 Å². The first kappa shape index (κ1) is 13.3. The Morgan fingerprint density at radius 2 is 2.00 bits per heavy atom. The van der Waals surface area contributed by atoms with Gasteiger partial charge in [-0.25, -0.2) is 8.42 Å². The lowest BCUT2D eigenvalue weighted by atomic mass is 10.3. The van der Waals surface area contributed by atoms with Gasteiger partial charge in [-0.3, -0.25) is 10.1 Å². The second kappa shape index (κ2) is 4.87. The summed E-state index contributed by atoms with van der Waals surface area (Å²) in [7, 11) is -3.54. The number of benzene rings is 1. The molecule has 1 aliphatic heterocycles. The predicted molar refractivity (Wildman–Crippen MR) is 68.9 cm³/mol. The van der Waals surface area contributed by atoms with E-state index >= 15 is 0 Å². The van der Waals surface area contributed by atoms with Crippen LogP contribution in [-0.4, -0.2) is 35.3 Å². The molecular weight excluding hydrogens is 276 g/mol. The molecule has 0 bridgehead atoms. The van der Waals surface area contributed by atoms with Crippen LogP contribution in [0, 0.1) is 10.1 Å². The Kier molecular flexibility index (Phi) is 3.60. The molecule has 1 heterocycles. The second-order valence-corrected chi connectivity index (χ2v) is 7.15. The number of nitro benzene ring substituents is 1. The van der Waals surface area contributed by atoms with Crippen LogP contribution < -0.4 is 0 Å². The Hall–Kier alpha value is -1.12. The molecule has 0 spiro atoms. The molecule has 8 heteroatoms. The number of rotatable bonds is 3. The summed E-state index contributed by atoms with van der Waals surface area (Å²) in [6.45, 7) is 2.31.